The van der Waals surface area contributed by atoms with Crippen molar-refractivity contribution in [3.63, 3.8) is 0 Å². The first-order valence-corrected chi connectivity index (χ1v) is 9.89. The lowest BCUT2D eigenvalue weighted by Crippen LogP contribution is -2.41. The zero-order chi connectivity index (χ0) is 22.2. The fourth-order valence-corrected chi connectivity index (χ4v) is 3.21. The van der Waals surface area contributed by atoms with Gasteiger partial charge in [0, 0.05) is 12.6 Å². The molecule has 2 N–H and O–H groups in total. The molecular weight excluding hydrogens is 402 g/mol. The molecule has 0 spiro atoms. The Bertz CT molecular complexity index is 903. The van der Waals surface area contributed by atoms with Crippen LogP contribution in [0, 0.1) is 0 Å². The van der Waals surface area contributed by atoms with Gasteiger partial charge in [0.25, 0.3) is 0 Å². The molecule has 3 rings (SSSR count). The van der Waals surface area contributed by atoms with E-state index in [1.54, 1.807) is 32.4 Å². The summed E-state index contributed by atoms with van der Waals surface area (Å²) in [7, 11) is 4.70. The lowest BCUT2D eigenvalue weighted by atomic mass is 10.1. The van der Waals surface area contributed by atoms with Gasteiger partial charge in [-0.15, -0.1) is 0 Å². The van der Waals surface area contributed by atoms with E-state index < -0.39 is 12.2 Å². The van der Waals surface area contributed by atoms with Crippen LogP contribution in [-0.2, 0) is 11.2 Å². The predicted molar refractivity (Wildman–Crippen MR) is 115 cm³/mol. The van der Waals surface area contributed by atoms with Gasteiger partial charge in [0.05, 0.1) is 40.1 Å². The van der Waals surface area contributed by atoms with Crippen molar-refractivity contribution >= 4 is 17.8 Å². The molecule has 1 saturated heterocycles. The van der Waals surface area contributed by atoms with Crippen molar-refractivity contribution in [3.05, 3.63) is 48.0 Å². The number of rotatable bonds is 9. The van der Waals surface area contributed by atoms with Crippen LogP contribution in [0.15, 0.2) is 42.5 Å². The second-order valence-electron chi connectivity index (χ2n) is 6.89. The Morgan fingerprint density at radius 2 is 1.77 bits per heavy atom. The number of nitrogens with zero attached hydrogens (tertiary/aromatic N) is 1. The van der Waals surface area contributed by atoms with Crippen molar-refractivity contribution in [1.29, 1.82) is 0 Å². The van der Waals surface area contributed by atoms with Crippen LogP contribution in [0.3, 0.4) is 0 Å². The van der Waals surface area contributed by atoms with E-state index in [0.29, 0.717) is 36.7 Å². The molecule has 31 heavy (non-hydrogen) atoms. The maximum atomic E-state index is 12.3. The van der Waals surface area contributed by atoms with Crippen LogP contribution in [-0.4, -0.2) is 59.2 Å². The second kappa shape index (κ2) is 10.4. The van der Waals surface area contributed by atoms with Crippen LogP contribution < -0.4 is 29.7 Å². The van der Waals surface area contributed by atoms with E-state index in [1.165, 1.54) is 12.0 Å². The summed E-state index contributed by atoms with van der Waals surface area (Å²) in [5.41, 5.74) is 1.73. The number of benzene rings is 2. The first-order chi connectivity index (χ1) is 15.0. The third-order valence-corrected chi connectivity index (χ3v) is 4.90. The fourth-order valence-electron chi connectivity index (χ4n) is 3.21. The van der Waals surface area contributed by atoms with E-state index in [1.807, 2.05) is 24.3 Å². The van der Waals surface area contributed by atoms with E-state index >= 15 is 0 Å². The molecule has 0 aromatic heterocycles. The number of urea groups is 1. The van der Waals surface area contributed by atoms with Gasteiger partial charge in [-0.05, 0) is 36.2 Å². The second-order valence-corrected chi connectivity index (χ2v) is 6.89. The molecule has 1 atom stereocenters. The van der Waals surface area contributed by atoms with Gasteiger partial charge in [0.2, 0.25) is 0 Å². The largest absolute Gasteiger partial charge is 0.497 e. The molecule has 1 unspecified atom stereocenters. The molecule has 166 valence electrons. The van der Waals surface area contributed by atoms with Gasteiger partial charge in [0.15, 0.2) is 11.5 Å². The molecule has 2 aromatic rings. The van der Waals surface area contributed by atoms with Crippen molar-refractivity contribution < 1.29 is 28.5 Å². The first kappa shape index (κ1) is 22.1. The zero-order valence-electron chi connectivity index (χ0n) is 17.8. The molecule has 3 amide bonds. The van der Waals surface area contributed by atoms with Gasteiger partial charge in [-0.2, -0.15) is 0 Å². The molecule has 9 nitrogen and oxygen atoms in total. The molecule has 0 saturated carbocycles. The maximum Gasteiger partial charge on any atom is 0.414 e. The van der Waals surface area contributed by atoms with Gasteiger partial charge in [-0.25, -0.2) is 9.59 Å². The van der Waals surface area contributed by atoms with Crippen molar-refractivity contribution in [2.24, 2.45) is 0 Å². The summed E-state index contributed by atoms with van der Waals surface area (Å²) in [6.07, 6.45) is -0.227. The van der Waals surface area contributed by atoms with Crippen molar-refractivity contribution in [2.75, 3.05) is 45.9 Å². The Balaban J connectivity index is 1.43. The van der Waals surface area contributed by atoms with E-state index in [2.05, 4.69) is 10.6 Å². The predicted octanol–water partition coefficient (Wildman–Crippen LogP) is 2.58. The Morgan fingerprint density at radius 3 is 2.45 bits per heavy atom. The number of methoxy groups -OCH3 is 3. The van der Waals surface area contributed by atoms with E-state index in [-0.39, 0.29) is 12.6 Å². The average molecular weight is 429 g/mol. The van der Waals surface area contributed by atoms with Gasteiger partial charge in [-0.1, -0.05) is 12.1 Å². The summed E-state index contributed by atoms with van der Waals surface area (Å²) in [4.78, 5) is 25.8. The molecule has 1 fully saturated rings. The third kappa shape index (κ3) is 5.71. The van der Waals surface area contributed by atoms with Crippen molar-refractivity contribution in [1.82, 2.24) is 10.6 Å². The highest BCUT2D eigenvalue weighted by Crippen LogP contribution is 2.33. The standard InChI is InChI=1S/C22H27N3O6/c1-28-17-7-4-15(5-8-17)10-11-23-21(26)24-13-18-14-25(22(27)31-18)16-6-9-19(29-2)20(12-16)30-3/h4-9,12,18H,10-11,13-14H2,1-3H3,(H2,23,24,26). The summed E-state index contributed by atoms with van der Waals surface area (Å²) >= 11 is 0. The monoisotopic (exact) mass is 429 g/mol. The SMILES string of the molecule is COc1ccc(CCNC(=O)NCC2CN(c3ccc(OC)c(OC)c3)C(=O)O2)cc1. The normalized spacial score (nSPS) is 15.3. The Hall–Kier alpha value is -3.62. The highest BCUT2D eigenvalue weighted by Gasteiger charge is 2.33. The Morgan fingerprint density at radius 1 is 1.03 bits per heavy atom. The minimum absolute atomic E-state index is 0.212. The average Bonchev–Trinajstić information content (AvgIpc) is 3.18. The smallest absolute Gasteiger partial charge is 0.414 e. The van der Waals surface area contributed by atoms with Crippen LogP contribution in [0.4, 0.5) is 15.3 Å². The third-order valence-electron chi connectivity index (χ3n) is 4.90. The van der Waals surface area contributed by atoms with Gasteiger partial charge in [-0.3, -0.25) is 4.90 Å². The highest BCUT2D eigenvalue weighted by atomic mass is 16.6. The van der Waals surface area contributed by atoms with Gasteiger partial charge in [0.1, 0.15) is 11.9 Å². The molecule has 0 aliphatic carbocycles. The number of nitrogens with one attached hydrogen (secondary N) is 2. The molecule has 9 heteroatoms. The lowest BCUT2D eigenvalue weighted by molar-refractivity contribution is 0.140. The highest BCUT2D eigenvalue weighted by molar-refractivity contribution is 5.90. The molecule has 0 radical (unpaired) electrons. The molecule has 1 aliphatic rings. The number of cyclic esters (lactones) is 1. The summed E-state index contributed by atoms with van der Waals surface area (Å²) in [6.45, 7) is 1.02. The minimum atomic E-state index is -0.473. The number of hydrogen-bond donors (Lipinski definition) is 2. The lowest BCUT2D eigenvalue weighted by Gasteiger charge is -2.16. The molecular formula is C22H27N3O6. The summed E-state index contributed by atoms with van der Waals surface area (Å²) in [6, 6.07) is 12.6. The Labute approximate surface area is 181 Å². The molecule has 1 aliphatic heterocycles. The number of hydrogen-bond acceptors (Lipinski definition) is 6. The van der Waals surface area contributed by atoms with Crippen LogP contribution in [0.5, 0.6) is 17.2 Å². The molecule has 2 aromatic carbocycles. The number of carbonyl (C=O) groups is 2. The molecule has 1 heterocycles. The quantitative estimate of drug-likeness (QED) is 0.636. The van der Waals surface area contributed by atoms with Crippen LogP contribution in [0.25, 0.3) is 0 Å². The van der Waals surface area contributed by atoms with Crippen molar-refractivity contribution in [3.8, 4) is 17.2 Å². The van der Waals surface area contributed by atoms with E-state index in [0.717, 1.165) is 11.3 Å². The summed E-state index contributed by atoms with van der Waals surface area (Å²) in [5, 5.41) is 5.54. The number of anilines is 1. The van der Waals surface area contributed by atoms with Crippen LogP contribution in [0.1, 0.15) is 5.56 Å². The Kier molecular flexibility index (Phi) is 7.42. The number of amides is 3. The fraction of sp³-hybridized carbons (Fsp3) is 0.364. The number of ether oxygens (including phenoxy) is 4. The molecule has 0 bridgehead atoms. The van der Waals surface area contributed by atoms with Crippen LogP contribution in [0.2, 0.25) is 0 Å². The summed E-state index contributed by atoms with van der Waals surface area (Å²) in [5.74, 6) is 1.89. The van der Waals surface area contributed by atoms with E-state index in [4.69, 9.17) is 18.9 Å². The number of carbonyl (C=O) groups excluding carboxylic acids is 2. The van der Waals surface area contributed by atoms with Crippen molar-refractivity contribution in [2.45, 2.75) is 12.5 Å². The first-order valence-electron chi connectivity index (χ1n) is 9.89. The maximum absolute atomic E-state index is 12.3. The van der Waals surface area contributed by atoms with Gasteiger partial charge >= 0.3 is 12.1 Å². The zero-order valence-corrected chi connectivity index (χ0v) is 17.8. The van der Waals surface area contributed by atoms with Gasteiger partial charge < -0.3 is 29.6 Å². The topological polar surface area (TPSA) is 98.4 Å². The minimum Gasteiger partial charge on any atom is -0.497 e. The van der Waals surface area contributed by atoms with E-state index in [9.17, 15) is 9.59 Å². The van der Waals surface area contributed by atoms with Crippen LogP contribution >= 0.6 is 0 Å². The summed E-state index contributed by atoms with van der Waals surface area (Å²) < 4.78 is 21.0.